The lowest BCUT2D eigenvalue weighted by molar-refractivity contribution is 0.0747. The zero-order valence-corrected chi connectivity index (χ0v) is 15.2. The number of benzene rings is 1. The van der Waals surface area contributed by atoms with Gasteiger partial charge in [-0.15, -0.1) is 0 Å². The van der Waals surface area contributed by atoms with Crippen LogP contribution < -0.4 is 4.90 Å². The van der Waals surface area contributed by atoms with Crippen molar-refractivity contribution in [2.75, 3.05) is 31.1 Å². The molecule has 0 atom stereocenters. The maximum atomic E-state index is 12.7. The Morgan fingerprint density at radius 1 is 1.04 bits per heavy atom. The summed E-state index contributed by atoms with van der Waals surface area (Å²) in [4.78, 5) is 25.8. The number of aromatic nitrogens is 2. The van der Waals surface area contributed by atoms with Crippen LogP contribution in [-0.2, 0) is 0 Å². The van der Waals surface area contributed by atoms with Gasteiger partial charge in [0, 0.05) is 38.3 Å². The second-order valence-electron chi connectivity index (χ2n) is 6.42. The standard InChI is InChI=1S/C18H18Cl2N4O/c19-13-2-1-3-14(20)16(13)18(25)24-10-8-23(9-11-24)15-6-7-21-17(22-15)12-4-5-12/h1-3,6-7,12H,4-5,8-11H2. The van der Waals surface area contributed by atoms with E-state index in [1.807, 2.05) is 12.3 Å². The molecule has 2 aliphatic rings. The second kappa shape index (κ2) is 6.81. The largest absolute Gasteiger partial charge is 0.353 e. The Hall–Kier alpha value is -1.85. The van der Waals surface area contributed by atoms with Crippen LogP contribution in [0.3, 0.4) is 0 Å². The predicted octanol–water partition coefficient (Wildman–Crippen LogP) is 3.62. The number of piperazine rings is 1. The Kier molecular flexibility index (Phi) is 4.52. The zero-order valence-electron chi connectivity index (χ0n) is 13.7. The number of halogens is 2. The first-order chi connectivity index (χ1) is 12.1. The van der Waals surface area contributed by atoms with Gasteiger partial charge in [-0.3, -0.25) is 4.79 Å². The van der Waals surface area contributed by atoms with Crippen molar-refractivity contribution in [3.63, 3.8) is 0 Å². The summed E-state index contributed by atoms with van der Waals surface area (Å²) in [6.45, 7) is 2.69. The van der Waals surface area contributed by atoms with Crippen LogP contribution in [0.4, 0.5) is 5.82 Å². The third-order valence-electron chi connectivity index (χ3n) is 4.67. The summed E-state index contributed by atoms with van der Waals surface area (Å²) < 4.78 is 0. The van der Waals surface area contributed by atoms with Gasteiger partial charge in [0.15, 0.2) is 0 Å². The van der Waals surface area contributed by atoms with Crippen LogP contribution in [0.25, 0.3) is 0 Å². The fraction of sp³-hybridized carbons (Fsp3) is 0.389. The van der Waals surface area contributed by atoms with E-state index in [-0.39, 0.29) is 5.91 Å². The molecule has 130 valence electrons. The summed E-state index contributed by atoms with van der Waals surface area (Å²) in [6, 6.07) is 7.06. The molecule has 2 fully saturated rings. The molecular weight excluding hydrogens is 359 g/mol. The fourth-order valence-corrected chi connectivity index (χ4v) is 3.64. The summed E-state index contributed by atoms with van der Waals surface area (Å²) in [7, 11) is 0. The van der Waals surface area contributed by atoms with E-state index in [2.05, 4.69) is 14.9 Å². The van der Waals surface area contributed by atoms with Crippen molar-refractivity contribution in [2.45, 2.75) is 18.8 Å². The lowest BCUT2D eigenvalue weighted by atomic mass is 10.1. The molecule has 4 rings (SSSR count). The molecule has 1 saturated carbocycles. The minimum absolute atomic E-state index is 0.114. The highest BCUT2D eigenvalue weighted by molar-refractivity contribution is 6.39. The molecule has 1 aliphatic heterocycles. The number of anilines is 1. The number of carbonyl (C=O) groups excluding carboxylic acids is 1. The molecule has 2 aromatic rings. The Morgan fingerprint density at radius 2 is 1.72 bits per heavy atom. The van der Waals surface area contributed by atoms with Gasteiger partial charge in [0.2, 0.25) is 0 Å². The summed E-state index contributed by atoms with van der Waals surface area (Å²) in [5.41, 5.74) is 0.386. The van der Waals surface area contributed by atoms with Gasteiger partial charge in [-0.25, -0.2) is 9.97 Å². The van der Waals surface area contributed by atoms with Crippen LogP contribution in [0.15, 0.2) is 30.5 Å². The molecule has 5 nitrogen and oxygen atoms in total. The van der Waals surface area contributed by atoms with Crippen molar-refractivity contribution < 1.29 is 4.79 Å². The summed E-state index contributed by atoms with van der Waals surface area (Å²) >= 11 is 12.3. The van der Waals surface area contributed by atoms with Crippen LogP contribution >= 0.6 is 23.2 Å². The lowest BCUT2D eigenvalue weighted by Gasteiger charge is -2.35. The molecule has 0 unspecified atom stereocenters. The number of hydrogen-bond acceptors (Lipinski definition) is 4. The Bertz CT molecular complexity index is 781. The van der Waals surface area contributed by atoms with Crippen LogP contribution in [-0.4, -0.2) is 47.0 Å². The monoisotopic (exact) mass is 376 g/mol. The van der Waals surface area contributed by atoms with Gasteiger partial charge in [0.05, 0.1) is 15.6 Å². The van der Waals surface area contributed by atoms with Crippen LogP contribution in [0.1, 0.15) is 34.9 Å². The topological polar surface area (TPSA) is 49.3 Å². The first-order valence-corrected chi connectivity index (χ1v) is 9.20. The fourth-order valence-electron chi connectivity index (χ4n) is 3.08. The maximum absolute atomic E-state index is 12.7. The van der Waals surface area contributed by atoms with E-state index in [0.717, 1.165) is 24.7 Å². The van der Waals surface area contributed by atoms with Gasteiger partial charge in [-0.05, 0) is 31.0 Å². The summed E-state index contributed by atoms with van der Waals surface area (Å²) in [5, 5.41) is 0.787. The van der Waals surface area contributed by atoms with E-state index in [4.69, 9.17) is 23.2 Å². The Labute approximate surface area is 156 Å². The van der Waals surface area contributed by atoms with Crippen LogP contribution in [0.2, 0.25) is 10.0 Å². The first kappa shape index (κ1) is 16.6. The molecule has 1 aliphatic carbocycles. The lowest BCUT2D eigenvalue weighted by Crippen LogP contribution is -2.49. The first-order valence-electron chi connectivity index (χ1n) is 8.44. The smallest absolute Gasteiger partial charge is 0.257 e. The van der Waals surface area contributed by atoms with E-state index < -0.39 is 0 Å². The second-order valence-corrected chi connectivity index (χ2v) is 7.24. The molecule has 1 amide bonds. The highest BCUT2D eigenvalue weighted by Crippen LogP contribution is 2.38. The van der Waals surface area contributed by atoms with Crippen molar-refractivity contribution in [1.29, 1.82) is 0 Å². The normalized spacial score (nSPS) is 17.7. The average molecular weight is 377 g/mol. The molecule has 0 radical (unpaired) electrons. The van der Waals surface area contributed by atoms with E-state index in [0.29, 0.717) is 34.6 Å². The third-order valence-corrected chi connectivity index (χ3v) is 5.30. The molecule has 7 heteroatoms. The van der Waals surface area contributed by atoms with Gasteiger partial charge >= 0.3 is 0 Å². The molecular formula is C18H18Cl2N4O. The van der Waals surface area contributed by atoms with Crippen molar-refractivity contribution >= 4 is 34.9 Å². The summed E-state index contributed by atoms with van der Waals surface area (Å²) in [6.07, 6.45) is 4.20. The molecule has 25 heavy (non-hydrogen) atoms. The van der Waals surface area contributed by atoms with Crippen LogP contribution in [0.5, 0.6) is 0 Å². The number of carbonyl (C=O) groups is 1. The van der Waals surface area contributed by atoms with Gasteiger partial charge in [0.1, 0.15) is 11.6 Å². The zero-order chi connectivity index (χ0) is 17.4. The minimum atomic E-state index is -0.114. The Morgan fingerprint density at radius 3 is 2.36 bits per heavy atom. The van der Waals surface area contributed by atoms with Crippen molar-refractivity contribution in [3.05, 3.63) is 51.9 Å². The molecule has 1 aromatic heterocycles. The SMILES string of the molecule is O=C(c1c(Cl)cccc1Cl)N1CCN(c2ccnc(C3CC3)n2)CC1. The molecule has 1 saturated heterocycles. The highest BCUT2D eigenvalue weighted by atomic mass is 35.5. The average Bonchev–Trinajstić information content (AvgIpc) is 3.47. The Balaban J connectivity index is 1.44. The van der Waals surface area contributed by atoms with E-state index in [1.54, 1.807) is 23.1 Å². The molecule has 0 bridgehead atoms. The number of hydrogen-bond donors (Lipinski definition) is 0. The molecule has 2 heterocycles. The molecule has 0 spiro atoms. The minimum Gasteiger partial charge on any atom is -0.353 e. The van der Waals surface area contributed by atoms with Gasteiger partial charge < -0.3 is 9.80 Å². The van der Waals surface area contributed by atoms with E-state index in [1.165, 1.54) is 12.8 Å². The molecule has 0 N–H and O–H groups in total. The van der Waals surface area contributed by atoms with Crippen molar-refractivity contribution in [1.82, 2.24) is 14.9 Å². The molecule has 1 aromatic carbocycles. The number of nitrogens with zero attached hydrogens (tertiary/aromatic N) is 4. The van der Waals surface area contributed by atoms with E-state index >= 15 is 0 Å². The van der Waals surface area contributed by atoms with Gasteiger partial charge in [-0.1, -0.05) is 29.3 Å². The van der Waals surface area contributed by atoms with Gasteiger partial charge in [0.25, 0.3) is 5.91 Å². The van der Waals surface area contributed by atoms with Crippen molar-refractivity contribution in [3.8, 4) is 0 Å². The number of rotatable bonds is 3. The van der Waals surface area contributed by atoms with Crippen molar-refractivity contribution in [2.24, 2.45) is 0 Å². The highest BCUT2D eigenvalue weighted by Gasteiger charge is 2.29. The van der Waals surface area contributed by atoms with Gasteiger partial charge in [-0.2, -0.15) is 0 Å². The van der Waals surface area contributed by atoms with Crippen LogP contribution in [0, 0.1) is 0 Å². The summed E-state index contributed by atoms with van der Waals surface area (Å²) in [5.74, 6) is 2.31. The predicted molar refractivity (Wildman–Crippen MR) is 98.6 cm³/mol. The van der Waals surface area contributed by atoms with E-state index in [9.17, 15) is 4.79 Å². The number of amides is 1. The third kappa shape index (κ3) is 3.44. The maximum Gasteiger partial charge on any atom is 0.257 e. The quantitative estimate of drug-likeness (QED) is 0.820.